The first kappa shape index (κ1) is 22.0. The maximum atomic E-state index is 14.7. The second-order valence-corrected chi connectivity index (χ2v) is 9.65. The van der Waals surface area contributed by atoms with E-state index in [0.717, 1.165) is 12.0 Å². The van der Waals surface area contributed by atoms with Crippen molar-refractivity contribution >= 4 is 33.6 Å². The molecule has 1 unspecified atom stereocenters. The Bertz CT molecular complexity index is 952. The highest BCUT2D eigenvalue weighted by molar-refractivity contribution is 7.91. The van der Waals surface area contributed by atoms with Gasteiger partial charge in [-0.25, -0.2) is 27.3 Å². The van der Waals surface area contributed by atoms with E-state index in [4.69, 9.17) is 4.74 Å². The van der Waals surface area contributed by atoms with Crippen molar-refractivity contribution in [3.8, 4) is 0 Å². The molecule has 11 heteroatoms. The quantitative estimate of drug-likeness (QED) is 0.702. The maximum Gasteiger partial charge on any atom is 0.416 e. The molecule has 2 fully saturated rings. The van der Waals surface area contributed by atoms with Crippen LogP contribution < -0.4 is 4.90 Å². The molecule has 0 N–H and O–H groups in total. The average Bonchev–Trinajstić information content (AvgIpc) is 3.06. The second-order valence-electron chi connectivity index (χ2n) is 7.35. The standard InChI is InChI=1S/C19H23FN2O7S/c1-12(23)21(18(24)28-2)10-15-11-22(19(25)29-15)14-3-4-16(17(20)9-14)13-5-7-30(26,27)8-6-13/h3-4,9,13,15H,5-8,10-11H2,1-2H3. The molecule has 2 aliphatic heterocycles. The molecule has 164 valence electrons. The number of halogens is 1. The van der Waals surface area contributed by atoms with Crippen molar-refractivity contribution in [3.63, 3.8) is 0 Å². The van der Waals surface area contributed by atoms with Gasteiger partial charge in [-0.1, -0.05) is 6.07 Å². The number of methoxy groups -OCH3 is 1. The molecule has 3 amide bonds. The van der Waals surface area contributed by atoms with E-state index in [9.17, 15) is 27.2 Å². The largest absolute Gasteiger partial charge is 0.452 e. The molecule has 2 aliphatic rings. The van der Waals surface area contributed by atoms with Crippen molar-refractivity contribution in [1.29, 1.82) is 0 Å². The molecule has 30 heavy (non-hydrogen) atoms. The molecule has 2 saturated heterocycles. The van der Waals surface area contributed by atoms with Gasteiger partial charge in [-0.05, 0) is 36.5 Å². The number of cyclic esters (lactones) is 1. The van der Waals surface area contributed by atoms with Gasteiger partial charge in [0.1, 0.15) is 21.8 Å². The smallest absolute Gasteiger partial charge is 0.416 e. The summed E-state index contributed by atoms with van der Waals surface area (Å²) in [6.45, 7) is 1.04. The first-order chi connectivity index (χ1) is 14.1. The Kier molecular flexibility index (Phi) is 6.30. The Hall–Kier alpha value is -2.69. The number of imide groups is 1. The minimum Gasteiger partial charge on any atom is -0.452 e. The van der Waals surface area contributed by atoms with Gasteiger partial charge in [0.15, 0.2) is 0 Å². The fourth-order valence-electron chi connectivity index (χ4n) is 3.69. The normalized spacial score (nSPS) is 21.2. The van der Waals surface area contributed by atoms with Crippen molar-refractivity contribution < 1.29 is 36.7 Å². The summed E-state index contributed by atoms with van der Waals surface area (Å²) in [6.07, 6.45) is -1.64. The first-order valence-electron chi connectivity index (χ1n) is 9.45. The van der Waals surface area contributed by atoms with Gasteiger partial charge >= 0.3 is 12.2 Å². The second kappa shape index (κ2) is 8.58. The summed E-state index contributed by atoms with van der Waals surface area (Å²) in [7, 11) is -1.91. The topological polar surface area (TPSA) is 110 Å². The van der Waals surface area contributed by atoms with Gasteiger partial charge in [-0.3, -0.25) is 9.69 Å². The highest BCUT2D eigenvalue weighted by Crippen LogP contribution is 2.33. The summed E-state index contributed by atoms with van der Waals surface area (Å²) in [6, 6.07) is 4.35. The lowest BCUT2D eigenvalue weighted by molar-refractivity contribution is -0.128. The highest BCUT2D eigenvalue weighted by Gasteiger charge is 2.36. The van der Waals surface area contributed by atoms with Crippen LogP contribution in [0.25, 0.3) is 0 Å². The van der Waals surface area contributed by atoms with Gasteiger partial charge in [-0.2, -0.15) is 0 Å². The van der Waals surface area contributed by atoms with Gasteiger partial charge in [0.05, 0.1) is 37.4 Å². The van der Waals surface area contributed by atoms with Crippen molar-refractivity contribution in [2.24, 2.45) is 0 Å². The Morgan fingerprint density at radius 3 is 2.53 bits per heavy atom. The minimum atomic E-state index is -3.05. The van der Waals surface area contributed by atoms with E-state index in [2.05, 4.69) is 4.74 Å². The Labute approximate surface area is 173 Å². The Morgan fingerprint density at radius 1 is 1.30 bits per heavy atom. The highest BCUT2D eigenvalue weighted by atomic mass is 32.2. The first-order valence-corrected chi connectivity index (χ1v) is 11.3. The fraction of sp³-hybridized carbons (Fsp3) is 0.526. The molecule has 0 bridgehead atoms. The monoisotopic (exact) mass is 442 g/mol. The summed E-state index contributed by atoms with van der Waals surface area (Å²) >= 11 is 0. The molecule has 1 aromatic carbocycles. The lowest BCUT2D eigenvalue weighted by atomic mass is 9.93. The van der Waals surface area contributed by atoms with Gasteiger partial charge in [-0.15, -0.1) is 0 Å². The van der Waals surface area contributed by atoms with Crippen molar-refractivity contribution in [2.45, 2.75) is 31.8 Å². The van der Waals surface area contributed by atoms with Crippen LogP contribution in [0.4, 0.5) is 19.7 Å². The number of nitrogens with zero attached hydrogens (tertiary/aromatic N) is 2. The molecular formula is C19H23FN2O7S. The molecule has 0 saturated carbocycles. The lowest BCUT2D eigenvalue weighted by Crippen LogP contribution is -2.42. The molecule has 9 nitrogen and oxygen atoms in total. The summed E-state index contributed by atoms with van der Waals surface area (Å²) < 4.78 is 47.6. The Morgan fingerprint density at radius 2 is 1.97 bits per heavy atom. The summed E-state index contributed by atoms with van der Waals surface area (Å²) in [5.41, 5.74) is 0.700. The zero-order chi connectivity index (χ0) is 22.1. The molecule has 1 aromatic rings. The molecule has 2 heterocycles. The van der Waals surface area contributed by atoms with Gasteiger partial charge in [0.25, 0.3) is 0 Å². The molecule has 0 aromatic heterocycles. The molecule has 0 radical (unpaired) electrons. The van der Waals surface area contributed by atoms with E-state index in [1.54, 1.807) is 12.1 Å². The number of anilines is 1. The Balaban J connectivity index is 1.70. The zero-order valence-electron chi connectivity index (χ0n) is 16.7. The van der Waals surface area contributed by atoms with Gasteiger partial charge in [0, 0.05) is 6.92 Å². The van der Waals surface area contributed by atoms with Crippen molar-refractivity contribution in [2.75, 3.05) is 36.6 Å². The molecule has 0 aliphatic carbocycles. The van der Waals surface area contributed by atoms with Crippen LogP contribution in [0.2, 0.25) is 0 Å². The number of sulfone groups is 1. The number of hydrogen-bond acceptors (Lipinski definition) is 7. The van der Waals surface area contributed by atoms with Crippen LogP contribution in [-0.2, 0) is 24.1 Å². The summed E-state index contributed by atoms with van der Waals surface area (Å²) in [4.78, 5) is 37.6. The van der Waals surface area contributed by atoms with E-state index in [-0.39, 0.29) is 36.2 Å². The van der Waals surface area contributed by atoms with E-state index >= 15 is 0 Å². The number of amides is 3. The van der Waals surface area contributed by atoms with E-state index < -0.39 is 39.9 Å². The van der Waals surface area contributed by atoms with Crippen LogP contribution in [0.3, 0.4) is 0 Å². The molecular weight excluding hydrogens is 419 g/mol. The number of rotatable bonds is 4. The van der Waals surface area contributed by atoms with E-state index in [0.29, 0.717) is 18.4 Å². The minimum absolute atomic E-state index is 0.0278. The van der Waals surface area contributed by atoms with Crippen LogP contribution in [0, 0.1) is 5.82 Å². The fourth-order valence-corrected chi connectivity index (χ4v) is 5.18. The van der Waals surface area contributed by atoms with Crippen LogP contribution >= 0.6 is 0 Å². The third-order valence-corrected chi connectivity index (χ3v) is 7.04. The molecule has 1 atom stereocenters. The van der Waals surface area contributed by atoms with Crippen molar-refractivity contribution in [1.82, 2.24) is 4.90 Å². The predicted molar refractivity (Wildman–Crippen MR) is 104 cm³/mol. The third kappa shape index (κ3) is 4.72. The zero-order valence-corrected chi connectivity index (χ0v) is 17.5. The van der Waals surface area contributed by atoms with E-state index in [1.165, 1.54) is 17.9 Å². The van der Waals surface area contributed by atoms with Crippen LogP contribution in [0.5, 0.6) is 0 Å². The van der Waals surface area contributed by atoms with Crippen molar-refractivity contribution in [3.05, 3.63) is 29.6 Å². The predicted octanol–water partition coefficient (Wildman–Crippen LogP) is 2.06. The van der Waals surface area contributed by atoms with Gasteiger partial charge in [0.2, 0.25) is 5.91 Å². The number of benzene rings is 1. The van der Waals surface area contributed by atoms with Crippen LogP contribution in [0.1, 0.15) is 31.2 Å². The van der Waals surface area contributed by atoms with Gasteiger partial charge < -0.3 is 9.47 Å². The number of carbonyl (C=O) groups excluding carboxylic acids is 3. The average molecular weight is 442 g/mol. The number of carbonyl (C=O) groups is 3. The van der Waals surface area contributed by atoms with E-state index in [1.807, 2.05) is 0 Å². The lowest BCUT2D eigenvalue weighted by Gasteiger charge is -2.23. The SMILES string of the molecule is COC(=O)N(CC1CN(c2ccc(C3CCS(=O)(=O)CC3)c(F)c2)C(=O)O1)C(C)=O. The molecule has 0 spiro atoms. The summed E-state index contributed by atoms with van der Waals surface area (Å²) in [5, 5.41) is 0. The number of hydrogen-bond donors (Lipinski definition) is 0. The van der Waals surface area contributed by atoms with Crippen LogP contribution in [-0.4, -0.2) is 69.2 Å². The van der Waals surface area contributed by atoms with Crippen LogP contribution in [0.15, 0.2) is 18.2 Å². The maximum absolute atomic E-state index is 14.7. The number of ether oxygens (including phenoxy) is 2. The molecule has 3 rings (SSSR count). The summed E-state index contributed by atoms with van der Waals surface area (Å²) in [5.74, 6) is -1.20. The third-order valence-electron chi connectivity index (χ3n) is 5.33.